The van der Waals surface area contributed by atoms with Gasteiger partial charge < -0.3 is 4.74 Å². The Morgan fingerprint density at radius 3 is 2.86 bits per heavy atom. The molecule has 0 atom stereocenters. The highest BCUT2D eigenvalue weighted by molar-refractivity contribution is 7.21. The summed E-state index contributed by atoms with van der Waals surface area (Å²) in [4.78, 5) is 15.9. The third-order valence-electron chi connectivity index (χ3n) is 3.17. The number of aryl methyl sites for hydroxylation is 1. The van der Waals surface area contributed by atoms with Crippen LogP contribution in [0.25, 0.3) is 20.8 Å². The van der Waals surface area contributed by atoms with Crippen LogP contribution in [0.5, 0.6) is 0 Å². The van der Waals surface area contributed by atoms with Crippen LogP contribution >= 0.6 is 22.9 Å². The van der Waals surface area contributed by atoms with Crippen molar-refractivity contribution in [1.82, 2.24) is 4.98 Å². The first-order valence-electron chi connectivity index (χ1n) is 6.59. The van der Waals surface area contributed by atoms with Crippen LogP contribution in [0.4, 0.5) is 10.5 Å². The molecule has 0 unspecified atom stereocenters. The van der Waals surface area contributed by atoms with Gasteiger partial charge in [0.1, 0.15) is 5.01 Å². The Morgan fingerprint density at radius 2 is 2.09 bits per heavy atom. The van der Waals surface area contributed by atoms with Crippen molar-refractivity contribution in [3.8, 4) is 10.6 Å². The maximum Gasteiger partial charge on any atom is 0.411 e. The Balaban J connectivity index is 2.04. The molecule has 1 heterocycles. The normalized spacial score (nSPS) is 10.7. The number of aromatic nitrogens is 1. The van der Waals surface area contributed by atoms with Crippen molar-refractivity contribution in [1.29, 1.82) is 0 Å². The van der Waals surface area contributed by atoms with Gasteiger partial charge in [0.2, 0.25) is 0 Å². The summed E-state index contributed by atoms with van der Waals surface area (Å²) in [6.07, 6.45) is -0.520. The number of rotatable bonds is 2. The van der Waals surface area contributed by atoms with E-state index in [2.05, 4.69) is 21.1 Å². The molecule has 3 aromatic rings. The zero-order valence-electron chi connectivity index (χ0n) is 12.0. The minimum absolute atomic E-state index is 0.520. The quantitative estimate of drug-likeness (QED) is 0.710. The lowest BCUT2D eigenvalue weighted by Gasteiger charge is -2.06. The van der Waals surface area contributed by atoms with E-state index < -0.39 is 6.09 Å². The second kappa shape index (κ2) is 5.94. The van der Waals surface area contributed by atoms with Crippen molar-refractivity contribution in [2.45, 2.75) is 6.92 Å². The standard InChI is InChI=1S/C16H13ClN2O2S/c1-9-3-6-13-14(7-9)22-15(19-13)11-8-10(4-5-12(11)17)18-16(20)21-2/h3-8H,1-2H3,(H,18,20). The highest BCUT2D eigenvalue weighted by Crippen LogP contribution is 2.36. The van der Waals surface area contributed by atoms with Gasteiger partial charge in [0.05, 0.1) is 22.3 Å². The smallest absolute Gasteiger partial charge is 0.411 e. The van der Waals surface area contributed by atoms with Gasteiger partial charge in [-0.3, -0.25) is 5.32 Å². The third-order valence-corrected chi connectivity index (χ3v) is 4.55. The summed E-state index contributed by atoms with van der Waals surface area (Å²) >= 11 is 7.86. The van der Waals surface area contributed by atoms with Crippen LogP contribution < -0.4 is 5.32 Å². The predicted molar refractivity (Wildman–Crippen MR) is 90.8 cm³/mol. The number of hydrogen-bond acceptors (Lipinski definition) is 4. The molecular formula is C16H13ClN2O2S. The second-order valence-electron chi connectivity index (χ2n) is 4.80. The minimum atomic E-state index is -0.520. The largest absolute Gasteiger partial charge is 0.453 e. The monoisotopic (exact) mass is 332 g/mol. The van der Waals surface area contributed by atoms with Gasteiger partial charge in [-0.05, 0) is 42.8 Å². The van der Waals surface area contributed by atoms with Crippen LogP contribution in [0.1, 0.15) is 5.56 Å². The SMILES string of the molecule is COC(=O)Nc1ccc(Cl)c(-c2nc3ccc(C)cc3s2)c1. The number of carbonyl (C=O) groups excluding carboxylic acids is 1. The van der Waals surface area contributed by atoms with Gasteiger partial charge in [0.25, 0.3) is 0 Å². The lowest BCUT2D eigenvalue weighted by atomic mass is 10.2. The third kappa shape index (κ3) is 2.91. The fourth-order valence-corrected chi connectivity index (χ4v) is 3.44. The number of hydrogen-bond donors (Lipinski definition) is 1. The van der Waals surface area contributed by atoms with E-state index in [4.69, 9.17) is 11.6 Å². The Bertz CT molecular complexity index is 860. The van der Waals surface area contributed by atoms with Crippen molar-refractivity contribution in [2.75, 3.05) is 12.4 Å². The van der Waals surface area contributed by atoms with Gasteiger partial charge in [0, 0.05) is 11.3 Å². The molecule has 112 valence electrons. The number of carbonyl (C=O) groups is 1. The van der Waals surface area contributed by atoms with Crippen LogP contribution in [0, 0.1) is 6.92 Å². The Labute approximate surface area is 136 Å². The summed E-state index contributed by atoms with van der Waals surface area (Å²) in [5.74, 6) is 0. The van der Waals surface area contributed by atoms with Gasteiger partial charge in [-0.2, -0.15) is 0 Å². The predicted octanol–water partition coefficient (Wildman–Crippen LogP) is 5.10. The molecule has 1 amide bonds. The Kier molecular flexibility index (Phi) is 4.00. The molecule has 0 fully saturated rings. The van der Waals surface area contributed by atoms with Crippen LogP contribution in [0.3, 0.4) is 0 Å². The molecule has 0 aliphatic carbocycles. The lowest BCUT2D eigenvalue weighted by molar-refractivity contribution is 0.187. The van der Waals surface area contributed by atoms with Crippen LogP contribution in [-0.4, -0.2) is 18.2 Å². The second-order valence-corrected chi connectivity index (χ2v) is 6.24. The molecule has 0 aliphatic heterocycles. The minimum Gasteiger partial charge on any atom is -0.453 e. The molecule has 3 rings (SSSR count). The molecule has 2 aromatic carbocycles. The number of benzene rings is 2. The number of halogens is 1. The van der Waals surface area contributed by atoms with E-state index >= 15 is 0 Å². The van der Waals surface area contributed by atoms with Crippen molar-refractivity contribution >= 4 is 44.9 Å². The zero-order valence-corrected chi connectivity index (χ0v) is 13.6. The fraction of sp³-hybridized carbons (Fsp3) is 0.125. The van der Waals surface area contributed by atoms with Crippen LogP contribution in [0.15, 0.2) is 36.4 Å². The van der Waals surface area contributed by atoms with E-state index in [1.165, 1.54) is 12.7 Å². The molecule has 0 saturated heterocycles. The van der Waals surface area contributed by atoms with Crippen molar-refractivity contribution in [2.24, 2.45) is 0 Å². The first kappa shape index (κ1) is 14.8. The average Bonchev–Trinajstić information content (AvgIpc) is 2.91. The maximum atomic E-state index is 11.3. The molecule has 4 nitrogen and oxygen atoms in total. The van der Waals surface area contributed by atoms with Crippen molar-refractivity contribution < 1.29 is 9.53 Å². The molecular weight excluding hydrogens is 320 g/mol. The molecule has 0 aliphatic rings. The summed E-state index contributed by atoms with van der Waals surface area (Å²) in [5.41, 5.74) is 3.53. The van der Waals surface area contributed by atoms with Gasteiger partial charge in [-0.15, -0.1) is 11.3 Å². The van der Waals surface area contributed by atoms with Gasteiger partial charge in [-0.25, -0.2) is 9.78 Å². The average molecular weight is 333 g/mol. The fourth-order valence-electron chi connectivity index (χ4n) is 2.08. The molecule has 0 spiro atoms. The van der Waals surface area contributed by atoms with Gasteiger partial charge in [-0.1, -0.05) is 17.7 Å². The number of nitrogens with zero attached hydrogens (tertiary/aromatic N) is 1. The van der Waals surface area contributed by atoms with Gasteiger partial charge in [0.15, 0.2) is 0 Å². The summed E-state index contributed by atoms with van der Waals surface area (Å²) in [7, 11) is 1.32. The first-order chi connectivity index (χ1) is 10.6. The summed E-state index contributed by atoms with van der Waals surface area (Å²) < 4.78 is 5.70. The number of ether oxygens (including phenoxy) is 1. The maximum absolute atomic E-state index is 11.3. The van der Waals surface area contributed by atoms with E-state index in [0.29, 0.717) is 10.7 Å². The lowest BCUT2D eigenvalue weighted by Crippen LogP contribution is -2.10. The number of thiazole rings is 1. The van der Waals surface area contributed by atoms with E-state index in [1.807, 2.05) is 19.1 Å². The highest BCUT2D eigenvalue weighted by Gasteiger charge is 2.12. The number of amides is 1. The summed E-state index contributed by atoms with van der Waals surface area (Å²) in [6.45, 7) is 2.05. The molecule has 1 aromatic heterocycles. The van der Waals surface area contributed by atoms with E-state index in [0.717, 1.165) is 20.8 Å². The summed E-state index contributed by atoms with van der Waals surface area (Å²) in [6, 6.07) is 11.4. The Hall–Kier alpha value is -2.11. The Morgan fingerprint density at radius 1 is 1.27 bits per heavy atom. The molecule has 0 radical (unpaired) electrons. The number of methoxy groups -OCH3 is 1. The van der Waals surface area contributed by atoms with Crippen LogP contribution in [-0.2, 0) is 4.74 Å². The molecule has 6 heteroatoms. The van der Waals surface area contributed by atoms with Gasteiger partial charge >= 0.3 is 6.09 Å². The number of nitrogens with one attached hydrogen (secondary N) is 1. The molecule has 0 saturated carbocycles. The van der Waals surface area contributed by atoms with Crippen LogP contribution in [0.2, 0.25) is 5.02 Å². The first-order valence-corrected chi connectivity index (χ1v) is 7.78. The van der Waals surface area contributed by atoms with E-state index in [-0.39, 0.29) is 0 Å². The number of fused-ring (bicyclic) bond motifs is 1. The van der Waals surface area contributed by atoms with Crippen molar-refractivity contribution in [3.63, 3.8) is 0 Å². The number of anilines is 1. The molecule has 22 heavy (non-hydrogen) atoms. The summed E-state index contributed by atoms with van der Waals surface area (Å²) in [5, 5.41) is 4.04. The molecule has 0 bridgehead atoms. The van der Waals surface area contributed by atoms with E-state index in [1.54, 1.807) is 29.5 Å². The van der Waals surface area contributed by atoms with Crippen molar-refractivity contribution in [3.05, 3.63) is 47.0 Å². The van der Waals surface area contributed by atoms with E-state index in [9.17, 15) is 4.79 Å². The zero-order chi connectivity index (χ0) is 15.7. The topological polar surface area (TPSA) is 51.2 Å². The highest BCUT2D eigenvalue weighted by atomic mass is 35.5. The molecule has 1 N–H and O–H groups in total.